The second kappa shape index (κ2) is 4.94. The van der Waals surface area contributed by atoms with Crippen LogP contribution in [0, 0.1) is 28.5 Å². The third kappa shape index (κ3) is 2.26. The van der Waals surface area contributed by atoms with E-state index in [4.69, 9.17) is 15.3 Å². The Hall–Kier alpha value is -2.92. The highest BCUT2D eigenvalue weighted by molar-refractivity contribution is 5.42. The monoisotopic (exact) mass is 239 g/mol. The maximum absolute atomic E-state index is 13.4. The number of hydrogen-bond acceptors (Lipinski definition) is 4. The third-order valence-corrected chi connectivity index (χ3v) is 2.17. The standard InChI is InChI=1S/C13H6FN3O/c14-11-6-10(4-3-9(11)7-15)18-13-2-1-5-17-12(13)8-16/h1-6H. The first-order valence-corrected chi connectivity index (χ1v) is 4.97. The van der Waals surface area contributed by atoms with Crippen molar-refractivity contribution in [1.82, 2.24) is 4.98 Å². The van der Waals surface area contributed by atoms with Crippen molar-refractivity contribution in [3.63, 3.8) is 0 Å². The Morgan fingerprint density at radius 2 is 2.00 bits per heavy atom. The summed E-state index contributed by atoms with van der Waals surface area (Å²) in [6.45, 7) is 0. The van der Waals surface area contributed by atoms with Crippen LogP contribution in [0.2, 0.25) is 0 Å². The van der Waals surface area contributed by atoms with Crippen LogP contribution in [-0.2, 0) is 0 Å². The van der Waals surface area contributed by atoms with E-state index in [9.17, 15) is 4.39 Å². The van der Waals surface area contributed by atoms with Gasteiger partial charge in [-0.25, -0.2) is 9.37 Å². The minimum atomic E-state index is -0.669. The molecule has 0 fully saturated rings. The smallest absolute Gasteiger partial charge is 0.183 e. The molecular weight excluding hydrogens is 233 g/mol. The van der Waals surface area contributed by atoms with Crippen LogP contribution in [0.1, 0.15) is 11.3 Å². The molecule has 0 aliphatic carbocycles. The van der Waals surface area contributed by atoms with Crippen LogP contribution in [0.5, 0.6) is 11.5 Å². The average Bonchev–Trinajstić information content (AvgIpc) is 2.39. The van der Waals surface area contributed by atoms with E-state index in [1.165, 1.54) is 18.3 Å². The van der Waals surface area contributed by atoms with Crippen LogP contribution < -0.4 is 4.74 Å². The number of aromatic nitrogens is 1. The van der Waals surface area contributed by atoms with Crippen LogP contribution in [0.4, 0.5) is 4.39 Å². The summed E-state index contributed by atoms with van der Waals surface area (Å²) in [7, 11) is 0. The zero-order valence-corrected chi connectivity index (χ0v) is 9.09. The molecule has 2 rings (SSSR count). The topological polar surface area (TPSA) is 69.7 Å². The summed E-state index contributed by atoms with van der Waals surface area (Å²) in [6.07, 6.45) is 1.46. The lowest BCUT2D eigenvalue weighted by Gasteiger charge is -2.06. The zero-order valence-electron chi connectivity index (χ0n) is 9.09. The largest absolute Gasteiger partial charge is 0.454 e. The Labute approximate surface area is 103 Å². The van der Waals surface area contributed by atoms with E-state index in [0.29, 0.717) is 0 Å². The van der Waals surface area contributed by atoms with Gasteiger partial charge in [-0.2, -0.15) is 10.5 Å². The number of hydrogen-bond donors (Lipinski definition) is 0. The Kier molecular flexibility index (Phi) is 3.17. The molecule has 0 saturated carbocycles. The summed E-state index contributed by atoms with van der Waals surface area (Å²) in [5, 5.41) is 17.4. The van der Waals surface area contributed by atoms with Gasteiger partial charge in [-0.1, -0.05) is 0 Å². The summed E-state index contributed by atoms with van der Waals surface area (Å²) >= 11 is 0. The lowest BCUT2D eigenvalue weighted by Crippen LogP contribution is -1.92. The highest BCUT2D eigenvalue weighted by Crippen LogP contribution is 2.24. The summed E-state index contributed by atoms with van der Waals surface area (Å²) in [6, 6.07) is 10.6. The average molecular weight is 239 g/mol. The highest BCUT2D eigenvalue weighted by atomic mass is 19.1. The highest BCUT2D eigenvalue weighted by Gasteiger charge is 2.07. The Morgan fingerprint density at radius 3 is 2.67 bits per heavy atom. The van der Waals surface area contributed by atoms with Crippen molar-refractivity contribution >= 4 is 0 Å². The molecule has 0 aliphatic rings. The molecule has 0 aliphatic heterocycles. The van der Waals surface area contributed by atoms with Gasteiger partial charge in [0.1, 0.15) is 23.7 Å². The number of pyridine rings is 1. The second-order valence-electron chi connectivity index (χ2n) is 3.32. The van der Waals surface area contributed by atoms with E-state index >= 15 is 0 Å². The zero-order chi connectivity index (χ0) is 13.0. The third-order valence-electron chi connectivity index (χ3n) is 2.17. The molecule has 0 saturated heterocycles. The van der Waals surface area contributed by atoms with Crippen molar-refractivity contribution in [2.75, 3.05) is 0 Å². The fourth-order valence-corrected chi connectivity index (χ4v) is 1.33. The first kappa shape index (κ1) is 11.6. The Bertz CT molecular complexity index is 671. The molecule has 0 atom stereocenters. The van der Waals surface area contributed by atoms with E-state index in [0.717, 1.165) is 6.07 Å². The molecule has 0 unspecified atom stereocenters. The van der Waals surface area contributed by atoms with Gasteiger partial charge in [-0.3, -0.25) is 0 Å². The molecule has 0 bridgehead atoms. The molecule has 18 heavy (non-hydrogen) atoms. The molecule has 1 aromatic carbocycles. The summed E-state index contributed by atoms with van der Waals surface area (Å²) in [5.74, 6) is -0.225. The van der Waals surface area contributed by atoms with Gasteiger partial charge in [0, 0.05) is 12.3 Å². The molecule has 5 heteroatoms. The fourth-order valence-electron chi connectivity index (χ4n) is 1.33. The second-order valence-corrected chi connectivity index (χ2v) is 3.32. The van der Waals surface area contributed by atoms with Crippen LogP contribution in [-0.4, -0.2) is 4.98 Å². The van der Waals surface area contributed by atoms with Crippen LogP contribution in [0.3, 0.4) is 0 Å². The molecule has 2 aromatic rings. The van der Waals surface area contributed by atoms with Gasteiger partial charge in [0.05, 0.1) is 5.56 Å². The maximum atomic E-state index is 13.4. The minimum Gasteiger partial charge on any atom is -0.454 e. The van der Waals surface area contributed by atoms with Gasteiger partial charge in [0.25, 0.3) is 0 Å². The van der Waals surface area contributed by atoms with Crippen LogP contribution in [0.15, 0.2) is 36.5 Å². The quantitative estimate of drug-likeness (QED) is 0.807. The number of ether oxygens (including phenoxy) is 1. The molecule has 0 N–H and O–H groups in total. The van der Waals surface area contributed by atoms with E-state index in [2.05, 4.69) is 4.98 Å². The normalized spacial score (nSPS) is 9.28. The lowest BCUT2D eigenvalue weighted by molar-refractivity contribution is 0.472. The van der Waals surface area contributed by atoms with Crippen molar-refractivity contribution in [3.8, 4) is 23.6 Å². The molecule has 86 valence electrons. The van der Waals surface area contributed by atoms with E-state index in [1.54, 1.807) is 18.2 Å². The van der Waals surface area contributed by atoms with Gasteiger partial charge in [0.15, 0.2) is 11.4 Å². The summed E-state index contributed by atoms with van der Waals surface area (Å²) < 4.78 is 18.7. The number of nitrogens with zero attached hydrogens (tertiary/aromatic N) is 3. The maximum Gasteiger partial charge on any atom is 0.183 e. The van der Waals surface area contributed by atoms with Gasteiger partial charge < -0.3 is 4.74 Å². The molecule has 0 radical (unpaired) electrons. The van der Waals surface area contributed by atoms with Crippen molar-refractivity contribution < 1.29 is 9.13 Å². The predicted octanol–water partition coefficient (Wildman–Crippen LogP) is 2.76. The van der Waals surface area contributed by atoms with Crippen molar-refractivity contribution in [2.24, 2.45) is 0 Å². The Morgan fingerprint density at radius 1 is 1.17 bits per heavy atom. The van der Waals surface area contributed by atoms with E-state index < -0.39 is 5.82 Å². The molecule has 4 nitrogen and oxygen atoms in total. The van der Waals surface area contributed by atoms with E-state index in [1.807, 2.05) is 6.07 Å². The fraction of sp³-hybridized carbons (Fsp3) is 0. The van der Waals surface area contributed by atoms with Crippen LogP contribution >= 0.6 is 0 Å². The molecule has 1 aromatic heterocycles. The summed E-state index contributed by atoms with van der Waals surface area (Å²) in [4.78, 5) is 3.82. The van der Waals surface area contributed by atoms with E-state index in [-0.39, 0.29) is 22.8 Å². The van der Waals surface area contributed by atoms with Crippen molar-refractivity contribution in [2.45, 2.75) is 0 Å². The molecular formula is C13H6FN3O. The molecule has 0 amide bonds. The molecule has 0 spiro atoms. The van der Waals surface area contributed by atoms with Gasteiger partial charge in [-0.05, 0) is 24.3 Å². The molecule has 1 heterocycles. The number of halogens is 1. The van der Waals surface area contributed by atoms with Gasteiger partial charge in [-0.15, -0.1) is 0 Å². The minimum absolute atomic E-state index is 0.0611. The van der Waals surface area contributed by atoms with Gasteiger partial charge in [0.2, 0.25) is 0 Å². The van der Waals surface area contributed by atoms with Crippen LogP contribution in [0.25, 0.3) is 0 Å². The first-order chi connectivity index (χ1) is 8.74. The first-order valence-electron chi connectivity index (χ1n) is 4.97. The van der Waals surface area contributed by atoms with Gasteiger partial charge >= 0.3 is 0 Å². The van der Waals surface area contributed by atoms with Crippen molar-refractivity contribution in [3.05, 3.63) is 53.6 Å². The Balaban J connectivity index is 2.33. The predicted molar refractivity (Wildman–Crippen MR) is 60.1 cm³/mol. The number of rotatable bonds is 2. The lowest BCUT2D eigenvalue weighted by atomic mass is 10.2. The number of benzene rings is 1. The SMILES string of the molecule is N#Cc1ccc(Oc2cccnc2C#N)cc1F. The summed E-state index contributed by atoms with van der Waals surface area (Å²) in [5.41, 5.74) is 0.0521. The number of nitriles is 2. The van der Waals surface area contributed by atoms with Crippen molar-refractivity contribution in [1.29, 1.82) is 10.5 Å².